The molecule has 0 saturated heterocycles. The predicted octanol–water partition coefficient (Wildman–Crippen LogP) is 4.32. The van der Waals surface area contributed by atoms with Crippen LogP contribution >= 0.6 is 11.3 Å². The number of carbonyl (C=O) groups is 2. The Morgan fingerprint density at radius 3 is 2.79 bits per heavy atom. The molecule has 4 rings (SSSR count). The first kappa shape index (κ1) is 18.7. The van der Waals surface area contributed by atoms with Crippen molar-refractivity contribution >= 4 is 39.0 Å². The van der Waals surface area contributed by atoms with Crippen LogP contribution in [0, 0.1) is 0 Å². The number of rotatable bonds is 4. The van der Waals surface area contributed by atoms with Gasteiger partial charge in [0.15, 0.2) is 0 Å². The number of benzene rings is 2. The molecule has 0 saturated carbocycles. The summed E-state index contributed by atoms with van der Waals surface area (Å²) in [6, 6.07) is 13.5. The zero-order valence-electron chi connectivity index (χ0n) is 16.0. The Balaban J connectivity index is 1.72. The molecule has 1 aliphatic heterocycles. The third-order valence-electron chi connectivity index (χ3n) is 4.99. The van der Waals surface area contributed by atoms with E-state index in [0.29, 0.717) is 22.7 Å². The fraction of sp³-hybridized carbons (Fsp3) is 0.273. The smallest absolute Gasteiger partial charge is 0.341 e. The van der Waals surface area contributed by atoms with Crippen LogP contribution in [0.3, 0.4) is 0 Å². The normalized spacial score (nSPS) is 13.9. The summed E-state index contributed by atoms with van der Waals surface area (Å²) in [4.78, 5) is 29.0. The molecule has 0 unspecified atom stereocenters. The first-order valence-electron chi connectivity index (χ1n) is 9.37. The van der Waals surface area contributed by atoms with E-state index in [1.54, 1.807) is 6.92 Å². The van der Waals surface area contributed by atoms with Crippen molar-refractivity contribution in [3.63, 3.8) is 0 Å². The SMILES string of the molecule is CCOC(=O)c1c(NC(=O)c2cccc3ccccc23)sc2c1CCN(C)C2. The molecule has 2 aromatic carbocycles. The third-order valence-corrected chi connectivity index (χ3v) is 6.12. The van der Waals surface area contributed by atoms with Crippen molar-refractivity contribution in [2.45, 2.75) is 19.9 Å². The van der Waals surface area contributed by atoms with E-state index in [1.807, 2.05) is 42.5 Å². The lowest BCUT2D eigenvalue weighted by Crippen LogP contribution is -2.26. The van der Waals surface area contributed by atoms with Crippen LogP contribution < -0.4 is 5.32 Å². The Hall–Kier alpha value is -2.70. The molecule has 2 heterocycles. The average Bonchev–Trinajstić information content (AvgIpc) is 3.04. The van der Waals surface area contributed by atoms with Gasteiger partial charge >= 0.3 is 5.97 Å². The highest BCUT2D eigenvalue weighted by molar-refractivity contribution is 7.17. The number of likely N-dealkylation sites (N-methyl/N-ethyl adjacent to an activating group) is 1. The number of nitrogens with one attached hydrogen (secondary N) is 1. The van der Waals surface area contributed by atoms with Crippen LogP contribution in [-0.4, -0.2) is 37.0 Å². The number of fused-ring (bicyclic) bond motifs is 2. The van der Waals surface area contributed by atoms with E-state index < -0.39 is 0 Å². The largest absolute Gasteiger partial charge is 0.462 e. The molecular weight excluding hydrogens is 372 g/mol. The molecule has 0 spiro atoms. The van der Waals surface area contributed by atoms with Gasteiger partial charge in [-0.15, -0.1) is 11.3 Å². The molecule has 1 aromatic heterocycles. The topological polar surface area (TPSA) is 58.6 Å². The van der Waals surface area contributed by atoms with Crippen molar-refractivity contribution in [3.05, 3.63) is 64.0 Å². The molecular formula is C22H22N2O3S. The fourth-order valence-electron chi connectivity index (χ4n) is 3.63. The molecule has 144 valence electrons. The zero-order chi connectivity index (χ0) is 19.7. The molecule has 0 fully saturated rings. The maximum Gasteiger partial charge on any atom is 0.341 e. The summed E-state index contributed by atoms with van der Waals surface area (Å²) in [6.45, 7) is 3.75. The molecule has 0 radical (unpaired) electrons. The minimum Gasteiger partial charge on any atom is -0.462 e. The van der Waals surface area contributed by atoms with Crippen molar-refractivity contribution < 1.29 is 14.3 Å². The third kappa shape index (κ3) is 3.41. The van der Waals surface area contributed by atoms with Gasteiger partial charge in [-0.1, -0.05) is 36.4 Å². The Morgan fingerprint density at radius 1 is 1.18 bits per heavy atom. The summed E-state index contributed by atoms with van der Waals surface area (Å²) in [5.74, 6) is -0.577. The van der Waals surface area contributed by atoms with E-state index in [0.717, 1.165) is 40.7 Å². The first-order chi connectivity index (χ1) is 13.6. The number of amides is 1. The summed E-state index contributed by atoms with van der Waals surface area (Å²) < 4.78 is 5.28. The molecule has 1 aliphatic rings. The van der Waals surface area contributed by atoms with E-state index in [1.165, 1.54) is 11.3 Å². The molecule has 3 aromatic rings. The van der Waals surface area contributed by atoms with E-state index in [9.17, 15) is 9.59 Å². The van der Waals surface area contributed by atoms with Crippen molar-refractivity contribution in [3.8, 4) is 0 Å². The molecule has 28 heavy (non-hydrogen) atoms. The van der Waals surface area contributed by atoms with Gasteiger partial charge in [0, 0.05) is 23.5 Å². The summed E-state index contributed by atoms with van der Waals surface area (Å²) in [5.41, 5.74) is 2.12. The summed E-state index contributed by atoms with van der Waals surface area (Å²) >= 11 is 1.47. The predicted molar refractivity (Wildman–Crippen MR) is 112 cm³/mol. The van der Waals surface area contributed by atoms with Crippen LogP contribution in [0.2, 0.25) is 0 Å². The quantitative estimate of drug-likeness (QED) is 0.670. The highest BCUT2D eigenvalue weighted by Gasteiger charge is 2.29. The number of ether oxygens (including phenoxy) is 1. The van der Waals surface area contributed by atoms with E-state index in [4.69, 9.17) is 4.74 Å². The van der Waals surface area contributed by atoms with Crippen LogP contribution in [0.4, 0.5) is 5.00 Å². The molecule has 0 atom stereocenters. The second kappa shape index (κ2) is 7.73. The minimum absolute atomic E-state index is 0.214. The van der Waals surface area contributed by atoms with Gasteiger partial charge in [0.05, 0.1) is 12.2 Å². The number of hydrogen-bond acceptors (Lipinski definition) is 5. The maximum absolute atomic E-state index is 13.1. The molecule has 0 bridgehead atoms. The zero-order valence-corrected chi connectivity index (χ0v) is 16.8. The molecule has 0 aliphatic carbocycles. The average molecular weight is 394 g/mol. The van der Waals surface area contributed by atoms with E-state index in [-0.39, 0.29) is 11.9 Å². The number of thiophene rings is 1. The molecule has 1 N–H and O–H groups in total. The minimum atomic E-state index is -0.363. The van der Waals surface area contributed by atoms with Gasteiger partial charge in [-0.05, 0) is 42.8 Å². The van der Waals surface area contributed by atoms with Gasteiger partial charge in [-0.25, -0.2) is 4.79 Å². The number of esters is 1. The van der Waals surface area contributed by atoms with Crippen molar-refractivity contribution in [1.82, 2.24) is 4.90 Å². The lowest BCUT2D eigenvalue weighted by Gasteiger charge is -2.22. The van der Waals surface area contributed by atoms with Crippen molar-refractivity contribution in [2.24, 2.45) is 0 Å². The molecule has 6 heteroatoms. The molecule has 5 nitrogen and oxygen atoms in total. The van der Waals surface area contributed by atoms with Gasteiger partial charge in [0.1, 0.15) is 5.00 Å². The Labute approximate surface area is 167 Å². The van der Waals surface area contributed by atoms with E-state index >= 15 is 0 Å². The van der Waals surface area contributed by atoms with Gasteiger partial charge in [-0.2, -0.15) is 0 Å². The van der Waals surface area contributed by atoms with Gasteiger partial charge < -0.3 is 15.0 Å². The standard InChI is InChI=1S/C22H22N2O3S/c1-3-27-22(26)19-17-11-12-24(2)13-18(17)28-21(19)23-20(25)16-10-6-8-14-7-4-5-9-15(14)16/h4-10H,3,11-13H2,1-2H3,(H,23,25). The van der Waals surface area contributed by atoms with Gasteiger partial charge in [-0.3, -0.25) is 4.79 Å². The lowest BCUT2D eigenvalue weighted by atomic mass is 10.0. The monoisotopic (exact) mass is 394 g/mol. The number of hydrogen-bond donors (Lipinski definition) is 1. The Morgan fingerprint density at radius 2 is 1.96 bits per heavy atom. The lowest BCUT2D eigenvalue weighted by molar-refractivity contribution is 0.0526. The van der Waals surface area contributed by atoms with Crippen LogP contribution in [0.1, 0.15) is 38.1 Å². The number of carbonyl (C=O) groups excluding carboxylic acids is 2. The second-order valence-electron chi connectivity index (χ2n) is 6.90. The van der Waals surface area contributed by atoms with Gasteiger partial charge in [0.2, 0.25) is 0 Å². The van der Waals surface area contributed by atoms with Crippen LogP contribution in [0.5, 0.6) is 0 Å². The van der Waals surface area contributed by atoms with Crippen LogP contribution in [0.25, 0.3) is 10.8 Å². The first-order valence-corrected chi connectivity index (χ1v) is 10.2. The van der Waals surface area contributed by atoms with E-state index in [2.05, 4.69) is 17.3 Å². The Bertz CT molecular complexity index is 1050. The summed E-state index contributed by atoms with van der Waals surface area (Å²) in [6.07, 6.45) is 0.778. The maximum atomic E-state index is 13.1. The van der Waals surface area contributed by atoms with Crippen molar-refractivity contribution in [1.29, 1.82) is 0 Å². The number of nitrogens with zero attached hydrogens (tertiary/aromatic N) is 1. The Kier molecular flexibility index (Phi) is 5.15. The van der Waals surface area contributed by atoms with Crippen LogP contribution in [-0.2, 0) is 17.7 Å². The fourth-order valence-corrected chi connectivity index (χ4v) is 4.94. The highest BCUT2D eigenvalue weighted by atomic mass is 32.1. The van der Waals surface area contributed by atoms with Gasteiger partial charge in [0.25, 0.3) is 5.91 Å². The highest BCUT2D eigenvalue weighted by Crippen LogP contribution is 2.37. The van der Waals surface area contributed by atoms with Crippen molar-refractivity contribution in [2.75, 3.05) is 25.5 Å². The summed E-state index contributed by atoms with van der Waals surface area (Å²) in [7, 11) is 2.06. The summed E-state index contributed by atoms with van der Waals surface area (Å²) in [5, 5.41) is 5.47. The number of anilines is 1. The van der Waals surface area contributed by atoms with Crippen LogP contribution in [0.15, 0.2) is 42.5 Å². The second-order valence-corrected chi connectivity index (χ2v) is 8.00. The molecule has 1 amide bonds.